The van der Waals surface area contributed by atoms with Gasteiger partial charge in [-0.1, -0.05) is 29.8 Å². The van der Waals surface area contributed by atoms with Crippen molar-refractivity contribution in [2.75, 3.05) is 11.9 Å². The van der Waals surface area contributed by atoms with Gasteiger partial charge in [0.2, 0.25) is 11.8 Å². The molecular formula is C20H22F3N3O2. The maximum atomic E-state index is 12.9. The van der Waals surface area contributed by atoms with Gasteiger partial charge in [-0.2, -0.15) is 13.2 Å². The molecule has 2 rings (SSSR count). The van der Waals surface area contributed by atoms with E-state index in [4.69, 9.17) is 5.73 Å². The topological polar surface area (TPSA) is 84.2 Å². The number of amides is 2. The minimum atomic E-state index is -4.55. The second kappa shape index (κ2) is 9.36. The van der Waals surface area contributed by atoms with Crippen molar-refractivity contribution in [3.05, 3.63) is 64.7 Å². The lowest BCUT2D eigenvalue weighted by molar-refractivity contribution is -0.137. The Balaban J connectivity index is 1.86. The number of hydrogen-bond donors (Lipinski definition) is 3. The van der Waals surface area contributed by atoms with E-state index in [-0.39, 0.29) is 36.7 Å². The van der Waals surface area contributed by atoms with Crippen LogP contribution in [0.3, 0.4) is 0 Å². The average Bonchev–Trinajstić information content (AvgIpc) is 2.65. The summed E-state index contributed by atoms with van der Waals surface area (Å²) in [6, 6.07) is 10.9. The van der Waals surface area contributed by atoms with Crippen LogP contribution in [0.25, 0.3) is 0 Å². The first-order chi connectivity index (χ1) is 13.2. The van der Waals surface area contributed by atoms with Gasteiger partial charge in [-0.05, 0) is 42.7 Å². The fraction of sp³-hybridized carbons (Fsp3) is 0.300. The molecule has 0 atom stereocenters. The molecule has 2 aromatic rings. The van der Waals surface area contributed by atoms with E-state index in [2.05, 4.69) is 10.6 Å². The summed E-state index contributed by atoms with van der Waals surface area (Å²) < 4.78 is 38.7. The fourth-order valence-electron chi connectivity index (χ4n) is 2.53. The standard InChI is InChI=1S/C20H22F3N3O2/c1-13-2-4-14(5-3-13)6-7-18(27)25-12-19(28)26-17-9-15(11-24)8-16(10-17)20(21,22)23/h2-5,8-10H,6-7,11-12,24H2,1H3,(H,25,27)(H,26,28). The number of halogens is 3. The van der Waals surface area contributed by atoms with Gasteiger partial charge >= 0.3 is 6.18 Å². The Morgan fingerprint density at radius 3 is 2.29 bits per heavy atom. The molecule has 0 aliphatic carbocycles. The van der Waals surface area contributed by atoms with Crippen molar-refractivity contribution in [3.8, 4) is 0 Å². The van der Waals surface area contributed by atoms with Crippen LogP contribution < -0.4 is 16.4 Å². The molecule has 0 fully saturated rings. The molecule has 0 heterocycles. The Morgan fingerprint density at radius 2 is 1.68 bits per heavy atom. The normalized spacial score (nSPS) is 11.2. The second-order valence-corrected chi connectivity index (χ2v) is 6.43. The molecule has 0 aliphatic rings. The van der Waals surface area contributed by atoms with Crippen molar-refractivity contribution in [1.82, 2.24) is 5.32 Å². The first-order valence-corrected chi connectivity index (χ1v) is 8.70. The molecule has 0 aliphatic heterocycles. The number of nitrogens with one attached hydrogen (secondary N) is 2. The van der Waals surface area contributed by atoms with Crippen molar-refractivity contribution in [1.29, 1.82) is 0 Å². The molecule has 28 heavy (non-hydrogen) atoms. The third-order valence-electron chi connectivity index (χ3n) is 4.05. The number of nitrogens with two attached hydrogens (primary N) is 1. The average molecular weight is 393 g/mol. The summed E-state index contributed by atoms with van der Waals surface area (Å²) in [5.74, 6) is -0.937. The van der Waals surface area contributed by atoms with Crippen LogP contribution >= 0.6 is 0 Å². The maximum absolute atomic E-state index is 12.9. The van der Waals surface area contributed by atoms with E-state index in [0.717, 1.165) is 23.3 Å². The predicted molar refractivity (Wildman–Crippen MR) is 100 cm³/mol. The quantitative estimate of drug-likeness (QED) is 0.676. The predicted octanol–water partition coefficient (Wildman–Crippen LogP) is 3.16. The highest BCUT2D eigenvalue weighted by molar-refractivity contribution is 5.94. The van der Waals surface area contributed by atoms with Gasteiger partial charge < -0.3 is 16.4 Å². The number of aryl methyl sites for hydroxylation is 2. The van der Waals surface area contributed by atoms with Crippen molar-refractivity contribution < 1.29 is 22.8 Å². The van der Waals surface area contributed by atoms with Gasteiger partial charge in [0, 0.05) is 18.7 Å². The third-order valence-corrected chi connectivity index (χ3v) is 4.05. The third kappa shape index (κ3) is 6.70. The summed E-state index contributed by atoms with van der Waals surface area (Å²) in [5, 5.41) is 4.82. The van der Waals surface area contributed by atoms with Crippen molar-refractivity contribution in [2.45, 2.75) is 32.5 Å². The highest BCUT2D eigenvalue weighted by atomic mass is 19.4. The van der Waals surface area contributed by atoms with Gasteiger partial charge in [0.05, 0.1) is 12.1 Å². The van der Waals surface area contributed by atoms with E-state index in [0.29, 0.717) is 6.42 Å². The van der Waals surface area contributed by atoms with E-state index < -0.39 is 17.6 Å². The Morgan fingerprint density at radius 1 is 1.00 bits per heavy atom. The SMILES string of the molecule is Cc1ccc(CCC(=O)NCC(=O)Nc2cc(CN)cc(C(F)(F)F)c2)cc1. The number of hydrogen-bond acceptors (Lipinski definition) is 3. The summed E-state index contributed by atoms with van der Waals surface area (Å²) in [6.45, 7) is 1.54. The van der Waals surface area contributed by atoms with E-state index in [9.17, 15) is 22.8 Å². The number of benzene rings is 2. The van der Waals surface area contributed by atoms with Crippen LogP contribution in [0.15, 0.2) is 42.5 Å². The number of alkyl halides is 3. The van der Waals surface area contributed by atoms with Crippen LogP contribution in [0.1, 0.15) is 28.7 Å². The first kappa shape index (κ1) is 21.4. The molecule has 8 heteroatoms. The van der Waals surface area contributed by atoms with Crippen molar-refractivity contribution in [2.24, 2.45) is 5.73 Å². The number of carbonyl (C=O) groups excluding carboxylic acids is 2. The highest BCUT2D eigenvalue weighted by Gasteiger charge is 2.31. The number of carbonyl (C=O) groups is 2. The molecule has 5 nitrogen and oxygen atoms in total. The Hall–Kier alpha value is -2.87. The van der Waals surface area contributed by atoms with Crippen LogP contribution in [0, 0.1) is 6.92 Å². The molecule has 0 saturated carbocycles. The van der Waals surface area contributed by atoms with E-state index in [1.165, 1.54) is 6.07 Å². The van der Waals surface area contributed by atoms with Gasteiger partial charge in [0.15, 0.2) is 0 Å². The van der Waals surface area contributed by atoms with Crippen molar-refractivity contribution in [3.63, 3.8) is 0 Å². The fourth-order valence-corrected chi connectivity index (χ4v) is 2.53. The molecule has 0 saturated heterocycles. The van der Waals surface area contributed by atoms with E-state index in [1.807, 2.05) is 31.2 Å². The van der Waals surface area contributed by atoms with Gasteiger partial charge in [-0.15, -0.1) is 0 Å². The van der Waals surface area contributed by atoms with Gasteiger partial charge in [-0.3, -0.25) is 9.59 Å². The van der Waals surface area contributed by atoms with Gasteiger partial charge in [-0.25, -0.2) is 0 Å². The van der Waals surface area contributed by atoms with Crippen molar-refractivity contribution >= 4 is 17.5 Å². The summed E-state index contributed by atoms with van der Waals surface area (Å²) in [7, 11) is 0. The Labute approximate surface area is 161 Å². The van der Waals surface area contributed by atoms with Crippen LogP contribution in [-0.4, -0.2) is 18.4 Å². The van der Waals surface area contributed by atoms with E-state index in [1.54, 1.807) is 0 Å². The van der Waals surface area contributed by atoms with Gasteiger partial charge in [0.25, 0.3) is 0 Å². The molecular weight excluding hydrogens is 371 g/mol. The Bertz CT molecular complexity index is 834. The first-order valence-electron chi connectivity index (χ1n) is 8.70. The zero-order valence-electron chi connectivity index (χ0n) is 15.4. The summed E-state index contributed by atoms with van der Waals surface area (Å²) >= 11 is 0. The lowest BCUT2D eigenvalue weighted by Crippen LogP contribution is -2.33. The van der Waals surface area contributed by atoms with Crippen LogP contribution in [0.4, 0.5) is 18.9 Å². The molecule has 0 radical (unpaired) electrons. The second-order valence-electron chi connectivity index (χ2n) is 6.43. The smallest absolute Gasteiger partial charge is 0.347 e. The summed E-state index contributed by atoms with van der Waals surface area (Å²) in [5.41, 5.74) is 6.87. The molecule has 2 aromatic carbocycles. The zero-order chi connectivity index (χ0) is 20.7. The lowest BCUT2D eigenvalue weighted by Gasteiger charge is -2.13. The summed E-state index contributed by atoms with van der Waals surface area (Å²) in [4.78, 5) is 23.8. The van der Waals surface area contributed by atoms with Crippen LogP contribution in [0.2, 0.25) is 0 Å². The molecule has 4 N–H and O–H groups in total. The van der Waals surface area contributed by atoms with Crippen LogP contribution in [0.5, 0.6) is 0 Å². The molecule has 2 amide bonds. The maximum Gasteiger partial charge on any atom is 0.416 e. The highest BCUT2D eigenvalue weighted by Crippen LogP contribution is 2.31. The largest absolute Gasteiger partial charge is 0.416 e. The minimum absolute atomic E-state index is 0.0193. The molecule has 0 spiro atoms. The zero-order valence-corrected chi connectivity index (χ0v) is 15.4. The number of rotatable bonds is 7. The molecule has 150 valence electrons. The Kier molecular flexibility index (Phi) is 7.17. The van der Waals surface area contributed by atoms with Gasteiger partial charge in [0.1, 0.15) is 0 Å². The van der Waals surface area contributed by atoms with E-state index >= 15 is 0 Å². The number of anilines is 1. The monoisotopic (exact) mass is 393 g/mol. The minimum Gasteiger partial charge on any atom is -0.347 e. The van der Waals surface area contributed by atoms with Crippen LogP contribution in [-0.2, 0) is 28.7 Å². The molecule has 0 aromatic heterocycles. The molecule has 0 unspecified atom stereocenters. The summed E-state index contributed by atoms with van der Waals surface area (Å²) in [6.07, 6.45) is -3.81. The lowest BCUT2D eigenvalue weighted by atomic mass is 10.1. The molecule has 0 bridgehead atoms.